The van der Waals surface area contributed by atoms with E-state index in [1.807, 2.05) is 24.3 Å². The second-order valence-electron chi connectivity index (χ2n) is 4.27. The van der Waals surface area contributed by atoms with Gasteiger partial charge in [-0.05, 0) is 25.0 Å². The lowest BCUT2D eigenvalue weighted by molar-refractivity contribution is -0.121. The van der Waals surface area contributed by atoms with Crippen LogP contribution >= 0.6 is 25.3 Å². The zero-order valence-electron chi connectivity index (χ0n) is 10.0. The monoisotopic (exact) mass is 271 g/mol. The Hall–Kier alpha value is -0.350. The average molecular weight is 271 g/mol. The van der Waals surface area contributed by atoms with Crippen molar-refractivity contribution in [3.63, 3.8) is 0 Å². The van der Waals surface area contributed by atoms with E-state index in [1.54, 1.807) is 0 Å². The minimum absolute atomic E-state index is 0.101. The Morgan fingerprint density at radius 1 is 1.24 bits per heavy atom. The van der Waals surface area contributed by atoms with E-state index in [2.05, 4.69) is 30.6 Å². The van der Waals surface area contributed by atoms with Crippen LogP contribution in [-0.4, -0.2) is 23.0 Å². The number of hydrogen-bond donors (Lipinski definition) is 3. The largest absolute Gasteiger partial charge is 0.346 e. The first-order valence-electron chi connectivity index (χ1n) is 6.15. The van der Waals surface area contributed by atoms with Crippen molar-refractivity contribution in [2.24, 2.45) is 0 Å². The summed E-state index contributed by atoms with van der Waals surface area (Å²) in [6, 6.07) is 0.101. The molecular formula is C13H21NOS2. The molecule has 0 bridgehead atoms. The van der Waals surface area contributed by atoms with Gasteiger partial charge in [-0.25, -0.2) is 0 Å². The molecule has 0 saturated heterocycles. The molecule has 0 fully saturated rings. The van der Waals surface area contributed by atoms with Gasteiger partial charge in [-0.3, -0.25) is 4.79 Å². The molecule has 1 unspecified atom stereocenters. The molecule has 0 aromatic carbocycles. The van der Waals surface area contributed by atoms with Crippen LogP contribution in [0, 0.1) is 0 Å². The molecule has 0 aliphatic heterocycles. The van der Waals surface area contributed by atoms with Gasteiger partial charge in [0.15, 0.2) is 0 Å². The summed E-state index contributed by atoms with van der Waals surface area (Å²) in [5.41, 5.74) is 0. The maximum atomic E-state index is 11.6. The van der Waals surface area contributed by atoms with Crippen molar-refractivity contribution in [1.82, 2.24) is 5.32 Å². The molecular weight excluding hydrogens is 250 g/mol. The fourth-order valence-corrected chi connectivity index (χ4v) is 2.57. The summed E-state index contributed by atoms with van der Waals surface area (Å²) in [4.78, 5) is 11.6. The van der Waals surface area contributed by atoms with Gasteiger partial charge in [0.1, 0.15) is 0 Å². The van der Waals surface area contributed by atoms with Gasteiger partial charge in [-0.1, -0.05) is 30.7 Å². The molecule has 0 radical (unpaired) electrons. The van der Waals surface area contributed by atoms with Gasteiger partial charge < -0.3 is 5.32 Å². The summed E-state index contributed by atoms with van der Waals surface area (Å²) in [6.07, 6.45) is 12.6. The van der Waals surface area contributed by atoms with E-state index in [0.29, 0.717) is 11.7 Å². The molecule has 4 heteroatoms. The van der Waals surface area contributed by atoms with E-state index in [1.165, 1.54) is 0 Å². The lowest BCUT2D eigenvalue weighted by Crippen LogP contribution is -2.30. The molecule has 1 amide bonds. The lowest BCUT2D eigenvalue weighted by Gasteiger charge is -2.10. The Labute approximate surface area is 115 Å². The van der Waals surface area contributed by atoms with Crippen LogP contribution in [0.2, 0.25) is 0 Å². The van der Waals surface area contributed by atoms with Gasteiger partial charge in [0.25, 0.3) is 0 Å². The fourth-order valence-electron chi connectivity index (χ4n) is 1.75. The maximum Gasteiger partial charge on any atom is 0.220 e. The first-order chi connectivity index (χ1) is 8.22. The van der Waals surface area contributed by atoms with Crippen LogP contribution < -0.4 is 5.32 Å². The van der Waals surface area contributed by atoms with E-state index in [0.717, 1.165) is 31.4 Å². The van der Waals surface area contributed by atoms with Gasteiger partial charge in [-0.2, -0.15) is 25.3 Å². The Balaban J connectivity index is 2.00. The number of carbonyl (C=O) groups is 1. The number of amides is 1. The van der Waals surface area contributed by atoms with Crippen LogP contribution in [0.25, 0.3) is 0 Å². The number of thiol groups is 2. The molecule has 17 heavy (non-hydrogen) atoms. The van der Waals surface area contributed by atoms with Crippen molar-refractivity contribution in [2.45, 2.75) is 43.4 Å². The molecule has 2 nitrogen and oxygen atoms in total. The Bertz CT molecular complexity index is 277. The van der Waals surface area contributed by atoms with Crippen molar-refractivity contribution < 1.29 is 4.79 Å². The van der Waals surface area contributed by atoms with Crippen molar-refractivity contribution >= 4 is 31.2 Å². The van der Waals surface area contributed by atoms with Crippen LogP contribution in [-0.2, 0) is 4.79 Å². The molecule has 1 rings (SSSR count). The lowest BCUT2D eigenvalue weighted by atomic mass is 10.1. The minimum atomic E-state index is 0.101. The van der Waals surface area contributed by atoms with Gasteiger partial charge >= 0.3 is 0 Å². The molecule has 0 spiro atoms. The highest BCUT2D eigenvalue weighted by Gasteiger charge is 2.08. The third-order valence-corrected chi connectivity index (χ3v) is 3.50. The van der Waals surface area contributed by atoms with Crippen LogP contribution in [0.1, 0.15) is 32.1 Å². The van der Waals surface area contributed by atoms with E-state index in [-0.39, 0.29) is 11.9 Å². The van der Waals surface area contributed by atoms with Crippen LogP contribution in [0.4, 0.5) is 0 Å². The predicted molar refractivity (Wildman–Crippen MR) is 79.9 cm³/mol. The highest BCUT2D eigenvalue weighted by Crippen LogP contribution is 2.12. The summed E-state index contributed by atoms with van der Waals surface area (Å²) < 4.78 is 0. The normalized spacial score (nSPS) is 16.4. The SMILES string of the molecule is O=C(CCCCC(S)CCS)NC1C=CC=C1. The highest BCUT2D eigenvalue weighted by atomic mass is 32.1. The first kappa shape index (κ1) is 14.7. The quantitative estimate of drug-likeness (QED) is 0.460. The van der Waals surface area contributed by atoms with Gasteiger partial charge in [0.2, 0.25) is 5.91 Å². The standard InChI is InChI=1S/C13H21NOS2/c15-13(14-11-5-1-2-6-11)8-4-3-7-12(17)9-10-16/h1-2,5-6,11-12,16-17H,3-4,7-10H2,(H,14,15). The number of hydrogen-bond acceptors (Lipinski definition) is 3. The van der Waals surface area contributed by atoms with E-state index >= 15 is 0 Å². The molecule has 0 aromatic heterocycles. The number of rotatable bonds is 8. The van der Waals surface area contributed by atoms with Crippen molar-refractivity contribution in [2.75, 3.05) is 5.75 Å². The second-order valence-corrected chi connectivity index (χ2v) is 5.45. The topological polar surface area (TPSA) is 29.1 Å². The molecule has 1 atom stereocenters. The Kier molecular flexibility index (Phi) is 7.53. The van der Waals surface area contributed by atoms with E-state index in [9.17, 15) is 4.79 Å². The smallest absolute Gasteiger partial charge is 0.220 e. The van der Waals surface area contributed by atoms with Crippen molar-refractivity contribution in [3.05, 3.63) is 24.3 Å². The van der Waals surface area contributed by atoms with Crippen LogP contribution in [0.15, 0.2) is 24.3 Å². The molecule has 1 N–H and O–H groups in total. The molecule has 1 aliphatic carbocycles. The summed E-state index contributed by atoms with van der Waals surface area (Å²) >= 11 is 8.64. The number of allylic oxidation sites excluding steroid dienone is 2. The zero-order chi connectivity index (χ0) is 12.5. The van der Waals surface area contributed by atoms with E-state index < -0.39 is 0 Å². The molecule has 96 valence electrons. The Morgan fingerprint density at radius 3 is 2.59 bits per heavy atom. The van der Waals surface area contributed by atoms with Crippen LogP contribution in [0.3, 0.4) is 0 Å². The summed E-state index contributed by atoms with van der Waals surface area (Å²) in [5, 5.41) is 3.38. The third kappa shape index (κ3) is 6.84. The summed E-state index contributed by atoms with van der Waals surface area (Å²) in [7, 11) is 0. The first-order valence-corrected chi connectivity index (χ1v) is 7.30. The zero-order valence-corrected chi connectivity index (χ0v) is 11.8. The summed E-state index contributed by atoms with van der Waals surface area (Å²) in [5.74, 6) is 1.02. The van der Waals surface area contributed by atoms with Crippen molar-refractivity contribution in [3.8, 4) is 0 Å². The highest BCUT2D eigenvalue weighted by molar-refractivity contribution is 7.81. The predicted octanol–water partition coefficient (Wildman–Crippen LogP) is 2.78. The maximum absolute atomic E-state index is 11.6. The van der Waals surface area contributed by atoms with Gasteiger partial charge in [-0.15, -0.1) is 0 Å². The third-order valence-electron chi connectivity index (χ3n) is 2.73. The fraction of sp³-hybridized carbons (Fsp3) is 0.615. The molecule has 0 saturated carbocycles. The van der Waals surface area contributed by atoms with E-state index in [4.69, 9.17) is 0 Å². The van der Waals surface area contributed by atoms with Crippen LogP contribution in [0.5, 0.6) is 0 Å². The number of carbonyl (C=O) groups excluding carboxylic acids is 1. The second kappa shape index (κ2) is 8.70. The molecule has 0 aromatic rings. The number of nitrogens with one attached hydrogen (secondary N) is 1. The molecule has 1 aliphatic rings. The van der Waals surface area contributed by atoms with Gasteiger partial charge in [0.05, 0.1) is 6.04 Å². The Morgan fingerprint density at radius 2 is 1.94 bits per heavy atom. The minimum Gasteiger partial charge on any atom is -0.346 e. The van der Waals surface area contributed by atoms with Crippen molar-refractivity contribution in [1.29, 1.82) is 0 Å². The van der Waals surface area contributed by atoms with Gasteiger partial charge in [0, 0.05) is 11.7 Å². The summed E-state index contributed by atoms with van der Waals surface area (Å²) in [6.45, 7) is 0. The number of unbranched alkanes of at least 4 members (excludes halogenated alkanes) is 1. The molecule has 0 heterocycles. The average Bonchev–Trinajstić information content (AvgIpc) is 2.77.